The van der Waals surface area contributed by atoms with Crippen LogP contribution < -0.4 is 5.73 Å². The lowest BCUT2D eigenvalue weighted by molar-refractivity contribution is 0.884. The van der Waals surface area contributed by atoms with Crippen molar-refractivity contribution in [2.24, 2.45) is 0 Å². The van der Waals surface area contributed by atoms with E-state index in [1.165, 1.54) is 0 Å². The van der Waals surface area contributed by atoms with Gasteiger partial charge in [0.25, 0.3) is 0 Å². The molecular weight excluding hydrogens is 293 g/mol. The summed E-state index contributed by atoms with van der Waals surface area (Å²) in [6, 6.07) is 14.9. The number of benzene rings is 2. The zero-order valence-corrected chi connectivity index (χ0v) is 11.9. The molecule has 0 aliphatic carbocycles. The minimum Gasteiger partial charge on any atom is -0.396 e. The Bertz CT molecular complexity index is 765. The van der Waals surface area contributed by atoms with Gasteiger partial charge in [-0.05, 0) is 30.3 Å². The molecule has 0 atom stereocenters. The number of anilines is 1. The maximum absolute atomic E-state index is 6.04. The molecule has 0 bridgehead atoms. The Hall–Kier alpha value is -1.97. The summed E-state index contributed by atoms with van der Waals surface area (Å²) in [6.45, 7) is 0. The molecule has 0 fully saturated rings. The summed E-state index contributed by atoms with van der Waals surface area (Å²) in [5.74, 6) is 0. The van der Waals surface area contributed by atoms with Crippen molar-refractivity contribution in [1.82, 2.24) is 9.78 Å². The minimum atomic E-state index is 0.590. The van der Waals surface area contributed by atoms with Crippen molar-refractivity contribution in [2.45, 2.75) is 0 Å². The van der Waals surface area contributed by atoms with Gasteiger partial charge >= 0.3 is 0 Å². The molecule has 0 saturated heterocycles. The average molecular weight is 304 g/mol. The molecule has 1 aromatic heterocycles. The van der Waals surface area contributed by atoms with E-state index in [2.05, 4.69) is 5.10 Å². The number of hydrogen-bond acceptors (Lipinski definition) is 2. The fraction of sp³-hybridized carbons (Fsp3) is 0. The first-order valence-corrected chi connectivity index (χ1v) is 6.76. The van der Waals surface area contributed by atoms with Gasteiger partial charge in [-0.3, -0.25) is 0 Å². The van der Waals surface area contributed by atoms with Crippen LogP contribution in [-0.4, -0.2) is 9.78 Å². The van der Waals surface area contributed by atoms with Crippen LogP contribution in [0.25, 0.3) is 16.9 Å². The molecule has 0 radical (unpaired) electrons. The third kappa shape index (κ3) is 2.50. The number of nitrogens with zero attached hydrogens (tertiary/aromatic N) is 2. The molecule has 20 heavy (non-hydrogen) atoms. The summed E-state index contributed by atoms with van der Waals surface area (Å²) >= 11 is 12.0. The van der Waals surface area contributed by atoms with Gasteiger partial charge in [-0.25, -0.2) is 4.68 Å². The molecule has 3 aromatic rings. The van der Waals surface area contributed by atoms with Crippen LogP contribution in [0.2, 0.25) is 10.0 Å². The molecule has 2 N–H and O–H groups in total. The lowest BCUT2D eigenvalue weighted by Gasteiger charge is -2.01. The standard InChI is InChI=1S/C15H11Cl2N3/c16-11-4-1-3-10(7-11)15-14(18)9-20(19-15)13-6-2-5-12(17)8-13/h1-9H,18H2. The molecule has 3 nitrogen and oxygen atoms in total. The van der Waals surface area contributed by atoms with Gasteiger partial charge in [0.1, 0.15) is 5.69 Å². The second-order valence-electron chi connectivity index (χ2n) is 4.37. The number of aromatic nitrogens is 2. The Morgan fingerprint density at radius 2 is 1.65 bits per heavy atom. The number of rotatable bonds is 2. The first kappa shape index (κ1) is 13.0. The summed E-state index contributed by atoms with van der Waals surface area (Å²) in [5, 5.41) is 5.81. The second kappa shape index (κ2) is 5.19. The molecule has 3 rings (SSSR count). The van der Waals surface area contributed by atoms with Crippen molar-refractivity contribution < 1.29 is 0 Å². The minimum absolute atomic E-state index is 0.590. The van der Waals surface area contributed by atoms with Crippen LogP contribution in [0.5, 0.6) is 0 Å². The maximum Gasteiger partial charge on any atom is 0.116 e. The highest BCUT2D eigenvalue weighted by atomic mass is 35.5. The Morgan fingerprint density at radius 1 is 0.950 bits per heavy atom. The predicted octanol–water partition coefficient (Wildman–Crippen LogP) is 4.43. The first-order chi connectivity index (χ1) is 9.63. The van der Waals surface area contributed by atoms with Gasteiger partial charge in [-0.2, -0.15) is 5.10 Å². The van der Waals surface area contributed by atoms with Crippen LogP contribution in [0.3, 0.4) is 0 Å². The molecular formula is C15H11Cl2N3. The zero-order valence-electron chi connectivity index (χ0n) is 10.4. The van der Waals surface area contributed by atoms with E-state index in [9.17, 15) is 0 Å². The SMILES string of the molecule is Nc1cn(-c2cccc(Cl)c2)nc1-c1cccc(Cl)c1. The topological polar surface area (TPSA) is 43.8 Å². The zero-order chi connectivity index (χ0) is 14.1. The van der Waals surface area contributed by atoms with Gasteiger partial charge in [-0.15, -0.1) is 0 Å². The molecule has 0 amide bonds. The van der Waals surface area contributed by atoms with Gasteiger partial charge in [0.15, 0.2) is 0 Å². The van der Waals surface area contributed by atoms with E-state index in [1.807, 2.05) is 48.5 Å². The molecule has 2 aromatic carbocycles. The van der Waals surface area contributed by atoms with Gasteiger partial charge in [0, 0.05) is 15.6 Å². The highest BCUT2D eigenvalue weighted by molar-refractivity contribution is 6.31. The molecule has 0 unspecified atom stereocenters. The lowest BCUT2D eigenvalue weighted by Crippen LogP contribution is -1.94. The quantitative estimate of drug-likeness (QED) is 0.761. The van der Waals surface area contributed by atoms with E-state index in [0.29, 0.717) is 21.4 Å². The summed E-state index contributed by atoms with van der Waals surface area (Å²) in [4.78, 5) is 0. The number of nitrogens with two attached hydrogens (primary N) is 1. The van der Waals surface area contributed by atoms with E-state index >= 15 is 0 Å². The fourth-order valence-corrected chi connectivity index (χ4v) is 2.37. The van der Waals surface area contributed by atoms with Crippen LogP contribution in [0.15, 0.2) is 54.7 Å². The van der Waals surface area contributed by atoms with Crippen molar-refractivity contribution in [3.05, 3.63) is 64.8 Å². The highest BCUT2D eigenvalue weighted by Crippen LogP contribution is 2.27. The molecule has 0 aliphatic heterocycles. The van der Waals surface area contributed by atoms with E-state index in [4.69, 9.17) is 28.9 Å². The smallest absolute Gasteiger partial charge is 0.116 e. The largest absolute Gasteiger partial charge is 0.396 e. The number of nitrogen functional groups attached to an aromatic ring is 1. The predicted molar refractivity (Wildman–Crippen MR) is 83.4 cm³/mol. The number of hydrogen-bond donors (Lipinski definition) is 1. The monoisotopic (exact) mass is 303 g/mol. The Labute approximate surface area is 126 Å². The average Bonchev–Trinajstić information content (AvgIpc) is 2.81. The first-order valence-electron chi connectivity index (χ1n) is 6.00. The third-order valence-corrected chi connectivity index (χ3v) is 3.38. The second-order valence-corrected chi connectivity index (χ2v) is 5.24. The molecule has 5 heteroatoms. The van der Waals surface area contributed by atoms with Crippen LogP contribution >= 0.6 is 23.2 Å². The van der Waals surface area contributed by atoms with Gasteiger partial charge in [0.05, 0.1) is 17.6 Å². The van der Waals surface area contributed by atoms with E-state index in [-0.39, 0.29) is 0 Å². The normalized spacial score (nSPS) is 10.7. The van der Waals surface area contributed by atoms with Gasteiger partial charge in [-0.1, -0.05) is 41.4 Å². The van der Waals surface area contributed by atoms with Crippen LogP contribution in [0, 0.1) is 0 Å². The van der Waals surface area contributed by atoms with Crippen molar-refractivity contribution in [2.75, 3.05) is 5.73 Å². The highest BCUT2D eigenvalue weighted by Gasteiger charge is 2.10. The molecule has 0 aliphatic rings. The fourth-order valence-electron chi connectivity index (χ4n) is 2.00. The summed E-state index contributed by atoms with van der Waals surface area (Å²) in [6.07, 6.45) is 1.77. The van der Waals surface area contributed by atoms with Gasteiger partial charge in [0.2, 0.25) is 0 Å². The lowest BCUT2D eigenvalue weighted by atomic mass is 10.1. The van der Waals surface area contributed by atoms with Crippen molar-refractivity contribution in [1.29, 1.82) is 0 Å². The van der Waals surface area contributed by atoms with Crippen molar-refractivity contribution >= 4 is 28.9 Å². The number of halogens is 2. The van der Waals surface area contributed by atoms with Crippen LogP contribution in [-0.2, 0) is 0 Å². The van der Waals surface area contributed by atoms with Crippen molar-refractivity contribution in [3.63, 3.8) is 0 Å². The molecule has 1 heterocycles. The van der Waals surface area contributed by atoms with E-state index < -0.39 is 0 Å². The summed E-state index contributed by atoms with van der Waals surface area (Å²) < 4.78 is 1.71. The van der Waals surface area contributed by atoms with Crippen LogP contribution in [0.4, 0.5) is 5.69 Å². The summed E-state index contributed by atoms with van der Waals surface area (Å²) in [7, 11) is 0. The van der Waals surface area contributed by atoms with Gasteiger partial charge < -0.3 is 5.73 Å². The molecule has 0 spiro atoms. The maximum atomic E-state index is 6.04. The van der Waals surface area contributed by atoms with Crippen LogP contribution in [0.1, 0.15) is 0 Å². The Kier molecular flexibility index (Phi) is 3.38. The Morgan fingerprint density at radius 3 is 2.35 bits per heavy atom. The molecule has 100 valence electrons. The molecule has 0 saturated carbocycles. The van der Waals surface area contributed by atoms with E-state index in [0.717, 1.165) is 11.3 Å². The van der Waals surface area contributed by atoms with E-state index in [1.54, 1.807) is 10.9 Å². The summed E-state index contributed by atoms with van der Waals surface area (Å²) in [5.41, 5.74) is 9.07. The van der Waals surface area contributed by atoms with Crippen molar-refractivity contribution in [3.8, 4) is 16.9 Å². The Balaban J connectivity index is 2.08. The third-order valence-electron chi connectivity index (χ3n) is 2.91.